The molecule has 9 heteroatoms. The Morgan fingerprint density at radius 3 is 2.43 bits per heavy atom. The largest absolute Gasteiger partial charge is 0.383 e. The number of nitrogens with zero attached hydrogens (tertiary/aromatic N) is 4. The summed E-state index contributed by atoms with van der Waals surface area (Å²) < 4.78 is 0. The molecule has 0 bridgehead atoms. The van der Waals surface area contributed by atoms with Crippen LogP contribution < -0.4 is 11.1 Å². The monoisotopic (exact) mass is 486 g/mol. The molecule has 2 aromatic heterocycles. The molecule has 3 aromatic rings. The van der Waals surface area contributed by atoms with Gasteiger partial charge in [0.15, 0.2) is 0 Å². The van der Waals surface area contributed by atoms with Gasteiger partial charge in [0.05, 0.1) is 22.0 Å². The van der Waals surface area contributed by atoms with Crippen LogP contribution in [0, 0.1) is 22.7 Å². The zero-order valence-electron chi connectivity index (χ0n) is 19.7. The van der Waals surface area contributed by atoms with E-state index in [1.807, 2.05) is 42.5 Å². The van der Waals surface area contributed by atoms with Crippen molar-refractivity contribution in [2.24, 2.45) is 11.8 Å². The van der Waals surface area contributed by atoms with Gasteiger partial charge >= 0.3 is 0 Å². The number of nitrogen functional groups attached to an aromatic ring is 1. The third-order valence-electron chi connectivity index (χ3n) is 6.93. The predicted octanol–water partition coefficient (Wildman–Crippen LogP) is 3.88. The van der Waals surface area contributed by atoms with Crippen LogP contribution in [0.2, 0.25) is 0 Å². The van der Waals surface area contributed by atoms with Crippen LogP contribution in [-0.4, -0.2) is 56.8 Å². The van der Waals surface area contributed by atoms with Crippen LogP contribution in [0.3, 0.4) is 0 Å². The van der Waals surface area contributed by atoms with Crippen molar-refractivity contribution in [3.8, 4) is 0 Å². The van der Waals surface area contributed by atoms with E-state index in [1.165, 1.54) is 18.1 Å². The van der Waals surface area contributed by atoms with Crippen molar-refractivity contribution >= 4 is 34.2 Å². The summed E-state index contributed by atoms with van der Waals surface area (Å²) in [5, 5.41) is 21.3. The van der Waals surface area contributed by atoms with Crippen LogP contribution in [0.5, 0.6) is 0 Å². The highest BCUT2D eigenvalue weighted by Crippen LogP contribution is 2.39. The van der Waals surface area contributed by atoms with Gasteiger partial charge in [-0.25, -0.2) is 9.97 Å². The third kappa shape index (κ3) is 5.21. The van der Waals surface area contributed by atoms with Crippen LogP contribution in [0.4, 0.5) is 11.6 Å². The molecular weight excluding hydrogens is 456 g/mol. The van der Waals surface area contributed by atoms with Crippen LogP contribution >= 0.6 is 11.8 Å². The average molecular weight is 487 g/mol. The van der Waals surface area contributed by atoms with Gasteiger partial charge in [-0.05, 0) is 43.9 Å². The molecule has 1 aliphatic heterocycles. The highest BCUT2D eigenvalue weighted by atomic mass is 32.2. The van der Waals surface area contributed by atoms with Crippen molar-refractivity contribution < 1.29 is 0 Å². The molecule has 1 aliphatic carbocycles. The standard InChI is InChI=1S/C26H30N8S/c1-34-12-18-10-21(11-19(18)13-34)33-26-22(24(28)31-15-32-26)23(27)16-5-7-17(8-6-16)25(29)35-14-20-4-2-3-9-30-20/h2-9,15,18-19,21,27,29H,10-14H2,1H3,(H3,28,31,32,33). The Bertz CT molecular complexity index is 1200. The van der Waals surface area contributed by atoms with Crippen molar-refractivity contribution in [2.75, 3.05) is 31.2 Å². The lowest BCUT2D eigenvalue weighted by Gasteiger charge is -2.19. The van der Waals surface area contributed by atoms with Gasteiger partial charge in [0.1, 0.15) is 18.0 Å². The molecule has 1 saturated carbocycles. The van der Waals surface area contributed by atoms with Crippen LogP contribution in [0.25, 0.3) is 0 Å². The number of aromatic nitrogens is 3. The lowest BCUT2D eigenvalue weighted by Crippen LogP contribution is -2.24. The number of likely N-dealkylation sites (tertiary alicyclic amines) is 1. The zero-order valence-corrected chi connectivity index (χ0v) is 20.6. The van der Waals surface area contributed by atoms with Gasteiger partial charge < -0.3 is 16.0 Å². The molecule has 5 N–H and O–H groups in total. The molecular formula is C26H30N8S. The van der Waals surface area contributed by atoms with E-state index in [9.17, 15) is 0 Å². The molecule has 2 fully saturated rings. The van der Waals surface area contributed by atoms with Crippen molar-refractivity contribution in [3.05, 3.63) is 77.4 Å². The molecule has 1 saturated heterocycles. The lowest BCUT2D eigenvalue weighted by molar-refractivity contribution is 0.374. The summed E-state index contributed by atoms with van der Waals surface area (Å²) in [5.74, 6) is 3.01. The molecule has 0 spiro atoms. The minimum absolute atomic E-state index is 0.280. The van der Waals surface area contributed by atoms with Crippen molar-refractivity contribution in [2.45, 2.75) is 24.6 Å². The topological polar surface area (TPSA) is 128 Å². The molecule has 0 amide bonds. The van der Waals surface area contributed by atoms with Crippen molar-refractivity contribution in [3.63, 3.8) is 0 Å². The van der Waals surface area contributed by atoms with Crippen molar-refractivity contribution in [1.82, 2.24) is 19.9 Å². The molecule has 2 atom stereocenters. The third-order valence-corrected chi connectivity index (χ3v) is 7.89. The van der Waals surface area contributed by atoms with E-state index >= 15 is 0 Å². The molecule has 8 nitrogen and oxygen atoms in total. The minimum atomic E-state index is 0.280. The smallest absolute Gasteiger partial charge is 0.141 e. The summed E-state index contributed by atoms with van der Waals surface area (Å²) in [4.78, 5) is 15.3. The summed E-state index contributed by atoms with van der Waals surface area (Å²) in [5.41, 5.74) is 9.51. The number of pyridine rings is 1. The number of thioether (sulfide) groups is 1. The number of benzene rings is 1. The van der Waals surface area contributed by atoms with Gasteiger partial charge in [-0.1, -0.05) is 30.3 Å². The second-order valence-corrected chi connectivity index (χ2v) is 10.4. The van der Waals surface area contributed by atoms with Gasteiger partial charge in [0.2, 0.25) is 0 Å². The summed E-state index contributed by atoms with van der Waals surface area (Å²) in [6, 6.07) is 13.6. The Labute approximate surface area is 209 Å². The Balaban J connectivity index is 1.27. The fraction of sp³-hybridized carbons (Fsp3) is 0.346. The molecule has 35 heavy (non-hydrogen) atoms. The summed E-state index contributed by atoms with van der Waals surface area (Å²) >= 11 is 1.44. The summed E-state index contributed by atoms with van der Waals surface area (Å²) in [6.07, 6.45) is 5.44. The van der Waals surface area contributed by atoms with Gasteiger partial charge in [0, 0.05) is 42.2 Å². The highest BCUT2D eigenvalue weighted by molar-refractivity contribution is 8.13. The first-order chi connectivity index (χ1) is 17.0. The zero-order chi connectivity index (χ0) is 24.4. The van der Waals surface area contributed by atoms with Crippen LogP contribution in [-0.2, 0) is 5.75 Å². The summed E-state index contributed by atoms with van der Waals surface area (Å²) in [7, 11) is 2.19. The van der Waals surface area contributed by atoms with E-state index < -0.39 is 0 Å². The molecule has 3 heterocycles. The lowest BCUT2D eigenvalue weighted by atomic mass is 10.0. The molecule has 5 rings (SSSR count). The SMILES string of the molecule is CN1CC2CC(Nc3ncnc(N)c3C(=N)c3ccc(C(=N)SCc4ccccn4)cc3)CC2C1. The number of hydrogen-bond acceptors (Lipinski definition) is 9. The second kappa shape index (κ2) is 10.1. The first-order valence-corrected chi connectivity index (χ1v) is 12.8. The number of anilines is 2. The second-order valence-electron chi connectivity index (χ2n) is 9.43. The Morgan fingerprint density at radius 1 is 1.03 bits per heavy atom. The Hall–Kier alpha value is -3.30. The maximum Gasteiger partial charge on any atom is 0.141 e. The first-order valence-electron chi connectivity index (χ1n) is 11.8. The van der Waals surface area contributed by atoms with E-state index in [0.717, 1.165) is 49.0 Å². The van der Waals surface area contributed by atoms with Crippen molar-refractivity contribution in [1.29, 1.82) is 10.8 Å². The maximum absolute atomic E-state index is 8.88. The maximum atomic E-state index is 8.88. The molecule has 2 aliphatic rings. The number of hydrogen-bond donors (Lipinski definition) is 4. The summed E-state index contributed by atoms with van der Waals surface area (Å²) in [6.45, 7) is 2.30. The van der Waals surface area contributed by atoms with E-state index in [0.29, 0.717) is 39.6 Å². The Morgan fingerprint density at radius 2 is 1.74 bits per heavy atom. The van der Waals surface area contributed by atoms with Crippen LogP contribution in [0.15, 0.2) is 55.0 Å². The minimum Gasteiger partial charge on any atom is -0.383 e. The van der Waals surface area contributed by atoms with E-state index in [2.05, 4.69) is 32.2 Å². The highest BCUT2D eigenvalue weighted by Gasteiger charge is 2.40. The van der Waals surface area contributed by atoms with E-state index in [-0.39, 0.29) is 5.71 Å². The molecule has 1 aromatic carbocycles. The quantitative estimate of drug-likeness (QED) is 0.295. The Kier molecular flexibility index (Phi) is 6.79. The molecule has 0 radical (unpaired) electrons. The van der Waals surface area contributed by atoms with Gasteiger partial charge in [0.25, 0.3) is 0 Å². The number of fused-ring (bicyclic) bond motifs is 1. The van der Waals surface area contributed by atoms with Crippen LogP contribution in [0.1, 0.15) is 35.2 Å². The van der Waals surface area contributed by atoms with Gasteiger partial charge in [-0.15, -0.1) is 11.8 Å². The molecule has 2 unspecified atom stereocenters. The number of nitrogens with two attached hydrogens (primary N) is 1. The number of nitrogens with one attached hydrogen (secondary N) is 3. The average Bonchev–Trinajstić information content (AvgIpc) is 3.39. The first kappa shape index (κ1) is 23.4. The van der Waals surface area contributed by atoms with Gasteiger partial charge in [-0.3, -0.25) is 15.8 Å². The molecule has 180 valence electrons. The van der Waals surface area contributed by atoms with E-state index in [4.69, 9.17) is 16.6 Å². The fourth-order valence-corrected chi connectivity index (χ4v) is 6.01. The number of rotatable bonds is 7. The normalized spacial score (nSPS) is 21.6. The van der Waals surface area contributed by atoms with E-state index in [1.54, 1.807) is 6.20 Å². The van der Waals surface area contributed by atoms with Gasteiger partial charge in [-0.2, -0.15) is 0 Å². The fourth-order valence-electron chi connectivity index (χ4n) is 5.25. The predicted molar refractivity (Wildman–Crippen MR) is 142 cm³/mol.